The van der Waals surface area contributed by atoms with Gasteiger partial charge in [0.15, 0.2) is 0 Å². The van der Waals surface area contributed by atoms with E-state index in [4.69, 9.17) is 10.0 Å². The van der Waals surface area contributed by atoms with Crippen molar-refractivity contribution in [2.75, 3.05) is 0 Å². The van der Waals surface area contributed by atoms with E-state index >= 15 is 0 Å². The van der Waals surface area contributed by atoms with Gasteiger partial charge >= 0.3 is 7.12 Å². The van der Waals surface area contributed by atoms with E-state index in [2.05, 4.69) is 5.32 Å². The van der Waals surface area contributed by atoms with Gasteiger partial charge in [-0.15, -0.1) is 0 Å². The van der Waals surface area contributed by atoms with Gasteiger partial charge < -0.3 is 15.4 Å². The van der Waals surface area contributed by atoms with Gasteiger partial charge in [0, 0.05) is 5.56 Å². The predicted octanol–water partition coefficient (Wildman–Crippen LogP) is 1.41. The third kappa shape index (κ3) is 4.18. The van der Waals surface area contributed by atoms with Crippen LogP contribution in [0.2, 0.25) is 0 Å². The number of rotatable bonds is 5. The maximum absolute atomic E-state index is 12.2. The van der Waals surface area contributed by atoms with Crippen LogP contribution in [-0.2, 0) is 6.42 Å². The minimum absolute atomic E-state index is 0.304. The van der Waals surface area contributed by atoms with E-state index in [1.165, 1.54) is 0 Å². The number of carbonyl (C=O) groups is 1. The Kier molecular flexibility index (Phi) is 5.14. The molecule has 0 saturated heterocycles. The highest BCUT2D eigenvalue weighted by Crippen LogP contribution is 2.14. The molecule has 0 fully saturated rings. The predicted molar refractivity (Wildman–Crippen MR) is 82.8 cm³/mol. The average Bonchev–Trinajstić information content (AvgIpc) is 2.48. The fraction of sp³-hybridized carbons (Fsp3) is 0.188. The lowest BCUT2D eigenvalue weighted by Gasteiger charge is -2.14. The number of amides is 1. The third-order valence-electron chi connectivity index (χ3n) is 3.31. The highest BCUT2D eigenvalue weighted by molar-refractivity contribution is 6.43. The van der Waals surface area contributed by atoms with Crippen molar-refractivity contribution in [3.8, 4) is 0 Å². The lowest BCUT2D eigenvalue weighted by Crippen LogP contribution is -2.44. The Morgan fingerprint density at radius 2 is 1.71 bits per heavy atom. The third-order valence-corrected chi connectivity index (χ3v) is 3.31. The van der Waals surface area contributed by atoms with Crippen LogP contribution in [0.25, 0.3) is 0 Å². The average molecular weight is 283 g/mol. The zero-order valence-electron chi connectivity index (χ0n) is 11.9. The van der Waals surface area contributed by atoms with Crippen molar-refractivity contribution in [2.24, 2.45) is 0 Å². The first-order chi connectivity index (χ1) is 10.1. The topological polar surface area (TPSA) is 69.6 Å². The number of hydrogen-bond acceptors (Lipinski definition) is 3. The summed E-state index contributed by atoms with van der Waals surface area (Å²) in [5.74, 6) is -1.02. The van der Waals surface area contributed by atoms with E-state index in [0.717, 1.165) is 11.1 Å². The lowest BCUT2D eigenvalue weighted by molar-refractivity contribution is 0.0944. The van der Waals surface area contributed by atoms with Gasteiger partial charge in [-0.1, -0.05) is 48.5 Å². The first-order valence-electron chi connectivity index (χ1n) is 6.87. The van der Waals surface area contributed by atoms with Gasteiger partial charge in [0.25, 0.3) is 5.91 Å². The van der Waals surface area contributed by atoms with Crippen molar-refractivity contribution >= 4 is 13.0 Å². The molecule has 108 valence electrons. The molecule has 0 aromatic heterocycles. The Morgan fingerprint density at radius 1 is 1.10 bits per heavy atom. The lowest BCUT2D eigenvalue weighted by atomic mass is 9.81. The first-order valence-corrected chi connectivity index (χ1v) is 6.87. The molecule has 2 rings (SSSR count). The summed E-state index contributed by atoms with van der Waals surface area (Å²) in [6.45, 7) is 1.54. The van der Waals surface area contributed by atoms with Crippen molar-refractivity contribution in [3.05, 3.63) is 71.3 Å². The smallest absolute Gasteiger partial charge is 0.426 e. The summed E-state index contributed by atoms with van der Waals surface area (Å²) in [5, 5.41) is 20.7. The van der Waals surface area contributed by atoms with Crippen molar-refractivity contribution in [1.82, 2.24) is 5.32 Å². The van der Waals surface area contributed by atoms with Crippen molar-refractivity contribution in [2.45, 2.75) is 19.3 Å². The van der Waals surface area contributed by atoms with E-state index < -0.39 is 13.1 Å². The van der Waals surface area contributed by atoms with Gasteiger partial charge in [0.2, 0.25) is 0 Å². The van der Waals surface area contributed by atoms with Crippen molar-refractivity contribution in [3.63, 3.8) is 0 Å². The molecule has 0 bridgehead atoms. The summed E-state index contributed by atoms with van der Waals surface area (Å²) < 4.78 is 0. The molecule has 0 saturated carbocycles. The van der Waals surface area contributed by atoms with E-state index in [0.29, 0.717) is 12.0 Å². The van der Waals surface area contributed by atoms with Crippen LogP contribution >= 0.6 is 0 Å². The monoisotopic (exact) mass is 283 g/mol. The number of nitrogens with one attached hydrogen (secondary N) is 1. The van der Waals surface area contributed by atoms with Gasteiger partial charge in [0.05, 0.1) is 5.94 Å². The normalized spacial score (nSPS) is 11.8. The molecule has 5 heteroatoms. The molecule has 0 aliphatic heterocycles. The number of carbonyl (C=O) groups excluding carboxylic acids is 1. The minimum atomic E-state index is -1.57. The van der Waals surface area contributed by atoms with Crippen LogP contribution in [0.4, 0.5) is 0 Å². The summed E-state index contributed by atoms with van der Waals surface area (Å²) >= 11 is 0. The highest BCUT2D eigenvalue weighted by Gasteiger charge is 2.21. The first kappa shape index (κ1) is 15.3. The van der Waals surface area contributed by atoms with E-state index in [1.54, 1.807) is 19.1 Å². The van der Waals surface area contributed by atoms with Crippen molar-refractivity contribution in [1.29, 1.82) is 0 Å². The summed E-state index contributed by atoms with van der Waals surface area (Å²) in [6.07, 6.45) is 0.653. The van der Waals surface area contributed by atoms with E-state index in [1.807, 2.05) is 42.5 Å². The molecular formula is C16H18BNO3. The second kappa shape index (κ2) is 7.06. The Balaban J connectivity index is 2.19. The zero-order valence-corrected chi connectivity index (χ0v) is 11.9. The van der Waals surface area contributed by atoms with Crippen LogP contribution in [0.5, 0.6) is 0 Å². The Labute approximate surface area is 124 Å². The van der Waals surface area contributed by atoms with Crippen LogP contribution in [-0.4, -0.2) is 29.0 Å². The molecule has 3 N–H and O–H groups in total. The van der Waals surface area contributed by atoms with Crippen molar-refractivity contribution < 1.29 is 14.8 Å². The summed E-state index contributed by atoms with van der Waals surface area (Å²) in [7, 11) is -1.57. The largest absolute Gasteiger partial charge is 0.475 e. The minimum Gasteiger partial charge on any atom is -0.426 e. The Hall–Kier alpha value is -2.11. The molecule has 2 aromatic rings. The number of benzene rings is 2. The summed E-state index contributed by atoms with van der Waals surface area (Å²) in [5.41, 5.74) is 2.57. The van der Waals surface area contributed by atoms with Gasteiger partial charge in [-0.2, -0.15) is 0 Å². The molecule has 0 aliphatic carbocycles. The van der Waals surface area contributed by atoms with E-state index in [-0.39, 0.29) is 5.91 Å². The standard InChI is InChI=1S/C16H18BNO3/c1-12(17(20)21)18-16(19)15-10-6-5-9-14(15)11-13-7-3-2-4-8-13/h2-10,12,20-21H,11H2,1H3,(H,18,19). The summed E-state index contributed by atoms with van der Waals surface area (Å²) in [4.78, 5) is 12.2. The molecule has 0 spiro atoms. The van der Waals surface area contributed by atoms with Gasteiger partial charge in [0.1, 0.15) is 0 Å². The summed E-state index contributed by atoms with van der Waals surface area (Å²) in [6, 6.07) is 17.2. The second-order valence-corrected chi connectivity index (χ2v) is 5.00. The Bertz CT molecular complexity index is 601. The van der Waals surface area contributed by atoms with Gasteiger partial charge in [-0.3, -0.25) is 4.79 Å². The molecule has 1 unspecified atom stereocenters. The molecule has 0 aliphatic rings. The van der Waals surface area contributed by atoms with Crippen LogP contribution in [0.15, 0.2) is 54.6 Å². The molecule has 4 nitrogen and oxygen atoms in total. The quantitative estimate of drug-likeness (QED) is 0.727. The van der Waals surface area contributed by atoms with Crippen LogP contribution in [0.3, 0.4) is 0 Å². The van der Waals surface area contributed by atoms with Gasteiger partial charge in [-0.25, -0.2) is 0 Å². The Morgan fingerprint density at radius 3 is 2.38 bits per heavy atom. The molecule has 21 heavy (non-hydrogen) atoms. The SMILES string of the molecule is CC(NC(=O)c1ccccc1Cc1ccccc1)B(O)O. The van der Waals surface area contributed by atoms with Crippen LogP contribution in [0, 0.1) is 0 Å². The van der Waals surface area contributed by atoms with E-state index in [9.17, 15) is 4.79 Å². The molecule has 0 radical (unpaired) electrons. The molecule has 1 atom stereocenters. The zero-order chi connectivity index (χ0) is 15.2. The molecular weight excluding hydrogens is 265 g/mol. The maximum Gasteiger partial charge on any atom is 0.475 e. The van der Waals surface area contributed by atoms with Gasteiger partial charge in [-0.05, 0) is 30.5 Å². The molecule has 2 aromatic carbocycles. The highest BCUT2D eigenvalue weighted by atomic mass is 16.4. The maximum atomic E-state index is 12.2. The fourth-order valence-electron chi connectivity index (χ4n) is 2.07. The second-order valence-electron chi connectivity index (χ2n) is 5.00. The fourth-order valence-corrected chi connectivity index (χ4v) is 2.07. The van der Waals surface area contributed by atoms with Crippen LogP contribution in [0.1, 0.15) is 28.4 Å². The molecule has 1 amide bonds. The van der Waals surface area contributed by atoms with Crippen LogP contribution < -0.4 is 5.32 Å². The number of hydrogen-bond donors (Lipinski definition) is 3. The molecule has 0 heterocycles.